The lowest BCUT2D eigenvalue weighted by molar-refractivity contribution is -0.121. The van der Waals surface area contributed by atoms with E-state index in [9.17, 15) is 4.79 Å². The minimum atomic E-state index is 0.125. The number of carbonyl (C=O) groups is 1. The Balaban J connectivity index is 1.74. The SMILES string of the molecule is CC(C)CC(=O)NCCCc1cnc2ncnn2c1. The second-order valence-electron chi connectivity index (χ2n) is 5.02. The first kappa shape index (κ1) is 13.5. The molecule has 1 N–H and O–H groups in total. The van der Waals surface area contributed by atoms with Crippen molar-refractivity contribution in [3.05, 3.63) is 24.3 Å². The topological polar surface area (TPSA) is 72.2 Å². The number of rotatable bonds is 6. The van der Waals surface area contributed by atoms with E-state index in [1.807, 2.05) is 20.0 Å². The summed E-state index contributed by atoms with van der Waals surface area (Å²) in [5.41, 5.74) is 1.09. The predicted molar refractivity (Wildman–Crippen MR) is 71.6 cm³/mol. The Morgan fingerprint density at radius 1 is 1.42 bits per heavy atom. The van der Waals surface area contributed by atoms with E-state index < -0.39 is 0 Å². The van der Waals surface area contributed by atoms with Gasteiger partial charge in [-0.1, -0.05) is 13.8 Å². The summed E-state index contributed by atoms with van der Waals surface area (Å²) in [5.74, 6) is 1.13. The standard InChI is InChI=1S/C13H19N5O/c1-10(2)6-12(19)14-5-3-4-11-7-15-13-16-9-17-18(13)8-11/h7-10H,3-6H2,1-2H3,(H,14,19). The summed E-state index contributed by atoms with van der Waals surface area (Å²) >= 11 is 0. The van der Waals surface area contributed by atoms with Crippen LogP contribution in [0.25, 0.3) is 5.78 Å². The monoisotopic (exact) mass is 261 g/mol. The molecule has 0 aliphatic rings. The van der Waals surface area contributed by atoms with Gasteiger partial charge in [0.15, 0.2) is 0 Å². The third-order valence-electron chi connectivity index (χ3n) is 2.75. The summed E-state index contributed by atoms with van der Waals surface area (Å²) in [6.07, 6.45) is 7.56. The summed E-state index contributed by atoms with van der Waals surface area (Å²) in [7, 11) is 0. The molecular formula is C13H19N5O. The Morgan fingerprint density at radius 3 is 3.05 bits per heavy atom. The van der Waals surface area contributed by atoms with Gasteiger partial charge in [0.2, 0.25) is 5.91 Å². The van der Waals surface area contributed by atoms with Crippen LogP contribution in [0.1, 0.15) is 32.3 Å². The number of hydrogen-bond donors (Lipinski definition) is 1. The van der Waals surface area contributed by atoms with Crippen molar-refractivity contribution in [1.29, 1.82) is 0 Å². The van der Waals surface area contributed by atoms with Gasteiger partial charge in [-0.05, 0) is 24.3 Å². The van der Waals surface area contributed by atoms with Gasteiger partial charge in [0.05, 0.1) is 0 Å². The van der Waals surface area contributed by atoms with E-state index in [2.05, 4.69) is 20.4 Å². The Labute approximate surface area is 112 Å². The minimum Gasteiger partial charge on any atom is -0.356 e. The third-order valence-corrected chi connectivity index (χ3v) is 2.75. The molecule has 6 nitrogen and oxygen atoms in total. The molecule has 1 amide bonds. The van der Waals surface area contributed by atoms with Gasteiger partial charge < -0.3 is 5.32 Å². The van der Waals surface area contributed by atoms with Crippen LogP contribution in [0.4, 0.5) is 0 Å². The van der Waals surface area contributed by atoms with Gasteiger partial charge in [0.25, 0.3) is 5.78 Å². The van der Waals surface area contributed by atoms with Crippen molar-refractivity contribution in [1.82, 2.24) is 24.9 Å². The number of carbonyl (C=O) groups excluding carboxylic acids is 1. The smallest absolute Gasteiger partial charge is 0.252 e. The molecule has 0 aliphatic heterocycles. The highest BCUT2D eigenvalue weighted by molar-refractivity contribution is 5.75. The molecule has 0 unspecified atom stereocenters. The molecule has 0 fully saturated rings. The number of aromatic nitrogens is 4. The summed E-state index contributed by atoms with van der Waals surface area (Å²) < 4.78 is 1.66. The maximum absolute atomic E-state index is 11.5. The minimum absolute atomic E-state index is 0.125. The highest BCUT2D eigenvalue weighted by Gasteiger charge is 2.04. The predicted octanol–water partition coefficient (Wildman–Crippen LogP) is 1.22. The summed E-state index contributed by atoms with van der Waals surface area (Å²) in [5, 5.41) is 6.96. The zero-order valence-electron chi connectivity index (χ0n) is 11.3. The highest BCUT2D eigenvalue weighted by Crippen LogP contribution is 2.03. The largest absolute Gasteiger partial charge is 0.356 e. The fourth-order valence-corrected chi connectivity index (χ4v) is 1.85. The normalized spacial score (nSPS) is 11.1. The van der Waals surface area contributed by atoms with E-state index in [0.717, 1.165) is 18.4 Å². The first-order chi connectivity index (χ1) is 9.15. The molecule has 0 spiro atoms. The van der Waals surface area contributed by atoms with E-state index in [1.54, 1.807) is 10.7 Å². The molecule has 102 valence electrons. The molecule has 19 heavy (non-hydrogen) atoms. The highest BCUT2D eigenvalue weighted by atomic mass is 16.1. The van der Waals surface area contributed by atoms with Gasteiger partial charge in [0.1, 0.15) is 6.33 Å². The maximum Gasteiger partial charge on any atom is 0.252 e. The van der Waals surface area contributed by atoms with Gasteiger partial charge in [-0.25, -0.2) is 9.50 Å². The number of nitrogens with zero attached hydrogens (tertiary/aromatic N) is 4. The van der Waals surface area contributed by atoms with Crippen molar-refractivity contribution in [2.45, 2.75) is 33.1 Å². The Kier molecular flexibility index (Phi) is 4.43. The molecule has 0 radical (unpaired) electrons. The van der Waals surface area contributed by atoms with Crippen LogP contribution < -0.4 is 5.32 Å². The quantitative estimate of drug-likeness (QED) is 0.794. The van der Waals surface area contributed by atoms with Gasteiger partial charge in [0, 0.05) is 25.4 Å². The molecule has 0 bridgehead atoms. The van der Waals surface area contributed by atoms with Crippen LogP contribution in [0.5, 0.6) is 0 Å². The summed E-state index contributed by atoms with van der Waals surface area (Å²) in [6.45, 7) is 4.78. The van der Waals surface area contributed by atoms with Crippen molar-refractivity contribution < 1.29 is 4.79 Å². The molecule has 2 rings (SSSR count). The molecular weight excluding hydrogens is 242 g/mol. The molecule has 2 heterocycles. The molecule has 0 saturated carbocycles. The molecule has 2 aromatic heterocycles. The summed E-state index contributed by atoms with van der Waals surface area (Å²) in [4.78, 5) is 19.6. The van der Waals surface area contributed by atoms with E-state index in [0.29, 0.717) is 24.7 Å². The number of aryl methyl sites for hydroxylation is 1. The van der Waals surface area contributed by atoms with Gasteiger partial charge in [-0.15, -0.1) is 0 Å². The molecule has 6 heteroatoms. The lowest BCUT2D eigenvalue weighted by Gasteiger charge is -2.07. The van der Waals surface area contributed by atoms with Crippen LogP contribution in [0, 0.1) is 5.92 Å². The van der Waals surface area contributed by atoms with Gasteiger partial charge in [-0.2, -0.15) is 10.1 Å². The van der Waals surface area contributed by atoms with Crippen LogP contribution in [0.3, 0.4) is 0 Å². The zero-order valence-corrected chi connectivity index (χ0v) is 11.3. The molecule has 0 atom stereocenters. The molecule has 0 aromatic carbocycles. The third kappa shape index (κ3) is 4.01. The van der Waals surface area contributed by atoms with Crippen molar-refractivity contribution in [3.63, 3.8) is 0 Å². The first-order valence-corrected chi connectivity index (χ1v) is 6.56. The van der Waals surface area contributed by atoms with Crippen LogP contribution in [0.15, 0.2) is 18.7 Å². The number of nitrogens with one attached hydrogen (secondary N) is 1. The van der Waals surface area contributed by atoms with Gasteiger partial charge in [-0.3, -0.25) is 4.79 Å². The Bertz CT molecular complexity index is 549. The molecule has 0 saturated heterocycles. The number of fused-ring (bicyclic) bond motifs is 1. The van der Waals surface area contributed by atoms with Crippen LogP contribution in [-0.4, -0.2) is 32.0 Å². The lowest BCUT2D eigenvalue weighted by Crippen LogP contribution is -2.25. The fourth-order valence-electron chi connectivity index (χ4n) is 1.85. The fraction of sp³-hybridized carbons (Fsp3) is 0.538. The zero-order chi connectivity index (χ0) is 13.7. The maximum atomic E-state index is 11.5. The summed E-state index contributed by atoms with van der Waals surface area (Å²) in [6, 6.07) is 0. The Hall–Kier alpha value is -1.98. The van der Waals surface area contributed by atoms with E-state index in [4.69, 9.17) is 0 Å². The van der Waals surface area contributed by atoms with E-state index >= 15 is 0 Å². The van der Waals surface area contributed by atoms with Crippen molar-refractivity contribution >= 4 is 11.7 Å². The molecule has 2 aromatic rings. The number of amides is 1. The van der Waals surface area contributed by atoms with Crippen LogP contribution in [-0.2, 0) is 11.2 Å². The second-order valence-corrected chi connectivity index (χ2v) is 5.02. The molecule has 0 aliphatic carbocycles. The average Bonchev–Trinajstić information content (AvgIpc) is 2.81. The van der Waals surface area contributed by atoms with E-state index in [1.165, 1.54) is 6.33 Å². The average molecular weight is 261 g/mol. The van der Waals surface area contributed by atoms with Gasteiger partial charge >= 0.3 is 0 Å². The van der Waals surface area contributed by atoms with E-state index in [-0.39, 0.29) is 5.91 Å². The lowest BCUT2D eigenvalue weighted by atomic mass is 10.1. The first-order valence-electron chi connectivity index (χ1n) is 6.56. The van der Waals surface area contributed by atoms with Crippen molar-refractivity contribution in [3.8, 4) is 0 Å². The second kappa shape index (κ2) is 6.26. The van der Waals surface area contributed by atoms with Crippen LogP contribution in [0.2, 0.25) is 0 Å². The number of hydrogen-bond acceptors (Lipinski definition) is 4. The van der Waals surface area contributed by atoms with Crippen molar-refractivity contribution in [2.75, 3.05) is 6.54 Å². The van der Waals surface area contributed by atoms with Crippen LogP contribution >= 0.6 is 0 Å². The van der Waals surface area contributed by atoms with Crippen molar-refractivity contribution in [2.24, 2.45) is 5.92 Å². The Morgan fingerprint density at radius 2 is 2.26 bits per heavy atom.